The van der Waals surface area contributed by atoms with Crippen molar-refractivity contribution in [2.24, 2.45) is 0 Å². The van der Waals surface area contributed by atoms with Crippen molar-refractivity contribution in [3.8, 4) is 0 Å². The van der Waals surface area contributed by atoms with E-state index in [0.717, 1.165) is 31.7 Å². The Hall–Kier alpha value is -0.870. The van der Waals surface area contributed by atoms with Crippen LogP contribution in [0.25, 0.3) is 0 Å². The maximum Gasteiger partial charge on any atom is 0.0753 e. The van der Waals surface area contributed by atoms with Gasteiger partial charge in [0.25, 0.3) is 0 Å². The van der Waals surface area contributed by atoms with Gasteiger partial charge in [0, 0.05) is 31.2 Å². The van der Waals surface area contributed by atoms with Crippen LogP contribution in [-0.4, -0.2) is 30.5 Å². The molecule has 1 aliphatic heterocycles. The molecule has 0 fully saturated rings. The zero-order valence-electron chi connectivity index (χ0n) is 7.80. The Morgan fingerprint density at radius 3 is 3.38 bits per heavy atom. The van der Waals surface area contributed by atoms with Crippen LogP contribution in [0.4, 0.5) is 0 Å². The van der Waals surface area contributed by atoms with Crippen molar-refractivity contribution in [3.63, 3.8) is 0 Å². The number of nitrogens with zero attached hydrogens (tertiary/aromatic N) is 1. The van der Waals surface area contributed by atoms with Crippen molar-refractivity contribution in [2.75, 3.05) is 20.3 Å². The van der Waals surface area contributed by atoms with E-state index in [4.69, 9.17) is 9.47 Å². The monoisotopic (exact) mass is 182 g/mol. The highest BCUT2D eigenvalue weighted by molar-refractivity contribution is 5.26. The summed E-state index contributed by atoms with van der Waals surface area (Å²) >= 11 is 0. The highest BCUT2D eigenvalue weighted by atomic mass is 16.5. The quantitative estimate of drug-likeness (QED) is 0.747. The SMILES string of the molecule is COCCc1n[nH]c2c1COCC2. The number of H-pyrrole nitrogens is 1. The lowest BCUT2D eigenvalue weighted by molar-refractivity contribution is 0.109. The van der Waals surface area contributed by atoms with E-state index >= 15 is 0 Å². The first-order valence-corrected chi connectivity index (χ1v) is 4.53. The van der Waals surface area contributed by atoms with Gasteiger partial charge in [-0.1, -0.05) is 0 Å². The number of methoxy groups -OCH3 is 1. The molecule has 0 amide bonds. The Morgan fingerprint density at radius 1 is 1.62 bits per heavy atom. The van der Waals surface area contributed by atoms with Crippen molar-refractivity contribution in [1.29, 1.82) is 0 Å². The number of hydrogen-bond acceptors (Lipinski definition) is 3. The van der Waals surface area contributed by atoms with E-state index in [1.165, 1.54) is 11.3 Å². The molecule has 2 rings (SSSR count). The lowest BCUT2D eigenvalue weighted by atomic mass is 10.1. The number of fused-ring (bicyclic) bond motifs is 1. The summed E-state index contributed by atoms with van der Waals surface area (Å²) in [5, 5.41) is 7.30. The van der Waals surface area contributed by atoms with Crippen LogP contribution in [0.2, 0.25) is 0 Å². The molecule has 0 saturated heterocycles. The lowest BCUT2D eigenvalue weighted by Gasteiger charge is -2.11. The van der Waals surface area contributed by atoms with Gasteiger partial charge in [-0.3, -0.25) is 5.10 Å². The summed E-state index contributed by atoms with van der Waals surface area (Å²) in [5.74, 6) is 0. The summed E-state index contributed by atoms with van der Waals surface area (Å²) in [6, 6.07) is 0. The molecule has 0 spiro atoms. The van der Waals surface area contributed by atoms with Crippen molar-refractivity contribution in [2.45, 2.75) is 19.4 Å². The van der Waals surface area contributed by atoms with Gasteiger partial charge in [0.1, 0.15) is 0 Å². The molecule has 0 aliphatic carbocycles. The zero-order chi connectivity index (χ0) is 9.10. The number of rotatable bonds is 3. The molecule has 0 aromatic carbocycles. The Bertz CT molecular complexity index is 283. The van der Waals surface area contributed by atoms with Crippen LogP contribution in [0, 0.1) is 0 Å². The Morgan fingerprint density at radius 2 is 2.54 bits per heavy atom. The van der Waals surface area contributed by atoms with E-state index in [-0.39, 0.29) is 0 Å². The molecule has 72 valence electrons. The van der Waals surface area contributed by atoms with E-state index in [2.05, 4.69) is 10.2 Å². The van der Waals surface area contributed by atoms with E-state index in [0.29, 0.717) is 6.61 Å². The number of hydrogen-bond donors (Lipinski definition) is 1. The molecule has 0 radical (unpaired) electrons. The maximum absolute atomic E-state index is 5.37. The molecule has 0 atom stereocenters. The highest BCUT2D eigenvalue weighted by Crippen LogP contribution is 2.18. The molecule has 0 saturated carbocycles. The van der Waals surface area contributed by atoms with Crippen molar-refractivity contribution < 1.29 is 9.47 Å². The van der Waals surface area contributed by atoms with Gasteiger partial charge < -0.3 is 9.47 Å². The highest BCUT2D eigenvalue weighted by Gasteiger charge is 2.16. The van der Waals surface area contributed by atoms with Crippen LogP contribution in [-0.2, 0) is 28.9 Å². The fourth-order valence-corrected chi connectivity index (χ4v) is 1.58. The maximum atomic E-state index is 5.37. The molecule has 4 nitrogen and oxygen atoms in total. The number of ether oxygens (including phenoxy) is 2. The minimum absolute atomic E-state index is 0.699. The molecule has 4 heteroatoms. The third-order valence-corrected chi connectivity index (χ3v) is 2.32. The second-order valence-corrected chi connectivity index (χ2v) is 3.17. The molecular weight excluding hydrogens is 168 g/mol. The normalized spacial score (nSPS) is 15.8. The first-order valence-electron chi connectivity index (χ1n) is 4.53. The molecule has 1 N–H and O–H groups in total. The average molecular weight is 182 g/mol. The van der Waals surface area contributed by atoms with Crippen LogP contribution in [0.15, 0.2) is 0 Å². The Balaban J connectivity index is 2.12. The molecule has 0 unspecified atom stereocenters. The van der Waals surface area contributed by atoms with E-state index in [1.54, 1.807) is 7.11 Å². The van der Waals surface area contributed by atoms with Crippen LogP contribution < -0.4 is 0 Å². The fourth-order valence-electron chi connectivity index (χ4n) is 1.58. The second kappa shape index (κ2) is 3.89. The van der Waals surface area contributed by atoms with Crippen molar-refractivity contribution >= 4 is 0 Å². The lowest BCUT2D eigenvalue weighted by Crippen LogP contribution is -2.10. The number of nitrogens with one attached hydrogen (secondary N) is 1. The van der Waals surface area contributed by atoms with E-state index < -0.39 is 0 Å². The van der Waals surface area contributed by atoms with Gasteiger partial charge in [-0.05, 0) is 0 Å². The van der Waals surface area contributed by atoms with Crippen LogP contribution in [0.3, 0.4) is 0 Å². The van der Waals surface area contributed by atoms with Crippen LogP contribution in [0.1, 0.15) is 17.0 Å². The van der Waals surface area contributed by atoms with E-state index in [1.807, 2.05) is 0 Å². The summed E-state index contributed by atoms with van der Waals surface area (Å²) < 4.78 is 10.4. The third-order valence-electron chi connectivity index (χ3n) is 2.32. The van der Waals surface area contributed by atoms with Gasteiger partial charge in [-0.15, -0.1) is 0 Å². The average Bonchev–Trinajstić information content (AvgIpc) is 2.58. The number of aromatic nitrogens is 2. The first-order chi connectivity index (χ1) is 6.42. The minimum Gasteiger partial charge on any atom is -0.384 e. The van der Waals surface area contributed by atoms with Crippen molar-refractivity contribution in [3.05, 3.63) is 17.0 Å². The van der Waals surface area contributed by atoms with Gasteiger partial charge in [0.05, 0.1) is 25.5 Å². The predicted molar refractivity (Wildman–Crippen MR) is 47.5 cm³/mol. The summed E-state index contributed by atoms with van der Waals surface area (Å²) in [7, 11) is 1.70. The molecule has 1 aromatic rings. The molecule has 2 heterocycles. The van der Waals surface area contributed by atoms with Crippen LogP contribution >= 0.6 is 0 Å². The largest absolute Gasteiger partial charge is 0.384 e. The molecular formula is C9H14N2O2. The summed E-state index contributed by atoms with van der Waals surface area (Å²) in [4.78, 5) is 0. The first kappa shape index (κ1) is 8.72. The predicted octanol–water partition coefficient (Wildman–Crippen LogP) is 0.671. The summed E-state index contributed by atoms with van der Waals surface area (Å²) in [6.07, 6.45) is 1.82. The smallest absolute Gasteiger partial charge is 0.0753 e. The van der Waals surface area contributed by atoms with Gasteiger partial charge in [0.2, 0.25) is 0 Å². The van der Waals surface area contributed by atoms with Gasteiger partial charge in [0.15, 0.2) is 0 Å². The van der Waals surface area contributed by atoms with Gasteiger partial charge in [-0.25, -0.2) is 0 Å². The Kier molecular flexibility index (Phi) is 2.61. The fraction of sp³-hybridized carbons (Fsp3) is 0.667. The zero-order valence-corrected chi connectivity index (χ0v) is 7.80. The molecule has 13 heavy (non-hydrogen) atoms. The Labute approximate surface area is 77.2 Å². The van der Waals surface area contributed by atoms with Gasteiger partial charge in [-0.2, -0.15) is 5.10 Å². The summed E-state index contributed by atoms with van der Waals surface area (Å²) in [6.45, 7) is 2.22. The minimum atomic E-state index is 0.699. The molecule has 1 aliphatic rings. The summed E-state index contributed by atoms with van der Waals surface area (Å²) in [5.41, 5.74) is 3.57. The van der Waals surface area contributed by atoms with Gasteiger partial charge >= 0.3 is 0 Å². The topological polar surface area (TPSA) is 47.1 Å². The molecule has 1 aromatic heterocycles. The number of aromatic amines is 1. The standard InChI is InChI=1S/C9H14N2O2/c1-12-4-2-8-7-6-13-5-3-9(7)11-10-8/h2-6H2,1H3,(H,10,11). The van der Waals surface area contributed by atoms with E-state index in [9.17, 15) is 0 Å². The second-order valence-electron chi connectivity index (χ2n) is 3.17. The molecule has 0 bridgehead atoms. The van der Waals surface area contributed by atoms with Crippen LogP contribution in [0.5, 0.6) is 0 Å². The third kappa shape index (κ3) is 1.73. The van der Waals surface area contributed by atoms with Crippen molar-refractivity contribution in [1.82, 2.24) is 10.2 Å².